The number of hydrogen-bond acceptors (Lipinski definition) is 4. The van der Waals surface area contributed by atoms with Gasteiger partial charge in [0.25, 0.3) is 5.91 Å². The lowest BCUT2D eigenvalue weighted by atomic mass is 10.1. The highest BCUT2D eigenvalue weighted by atomic mass is 16.5. The summed E-state index contributed by atoms with van der Waals surface area (Å²) >= 11 is 0. The van der Waals surface area contributed by atoms with Crippen molar-refractivity contribution in [2.45, 2.75) is 26.0 Å². The lowest BCUT2D eigenvalue weighted by molar-refractivity contribution is 0.0900. The zero-order valence-corrected chi connectivity index (χ0v) is 14.1. The Balaban J connectivity index is 1.50. The van der Waals surface area contributed by atoms with Crippen molar-refractivity contribution in [1.29, 1.82) is 0 Å². The Labute approximate surface area is 144 Å². The number of aryl methyl sites for hydroxylation is 2. The van der Waals surface area contributed by atoms with Gasteiger partial charge in [-0.05, 0) is 37.1 Å². The molecule has 1 aromatic carbocycles. The lowest BCUT2D eigenvalue weighted by Gasteiger charge is -2.19. The number of ether oxygens (including phenoxy) is 2. The van der Waals surface area contributed by atoms with Crippen molar-refractivity contribution >= 4 is 16.8 Å². The number of hydrogen-bond donors (Lipinski definition) is 3. The monoisotopic (exact) mass is 340 g/mol. The number of carbonyl (C=O) groups excluding carboxylic acids is 1. The normalized spacial score (nSPS) is 20.1. The quantitative estimate of drug-likeness (QED) is 0.678. The fourth-order valence-electron chi connectivity index (χ4n) is 3.09. The Kier molecular flexibility index (Phi) is 3.93. The van der Waals surface area contributed by atoms with Crippen molar-refractivity contribution in [3.8, 4) is 5.75 Å². The zero-order chi connectivity index (χ0) is 17.4. The predicted octanol–water partition coefficient (Wildman–Crippen LogP) is 2.08. The van der Waals surface area contributed by atoms with E-state index in [4.69, 9.17) is 9.47 Å². The summed E-state index contributed by atoms with van der Waals surface area (Å²) in [5.41, 5.74) is 3.88. The molecule has 0 unspecified atom stereocenters. The van der Waals surface area contributed by atoms with E-state index in [1.54, 1.807) is 12.4 Å². The third-order valence-electron chi connectivity index (χ3n) is 4.69. The van der Waals surface area contributed by atoms with Crippen LogP contribution in [0.25, 0.3) is 10.9 Å². The molecule has 0 aliphatic carbocycles. The standard InChI is InChI=1S/C18H20N4O3/c1-10-3-4-14-13(11(10)2)5-15(21-14)18(23)22-16-8-24-9-17(16)25-12-6-19-20-7-12/h3-7,16-17,21H,8-9H2,1-2H3,(H,19,20)(H,22,23)/t16-,17+/m0/s1. The van der Waals surface area contributed by atoms with Gasteiger partial charge in [-0.15, -0.1) is 0 Å². The van der Waals surface area contributed by atoms with Crippen LogP contribution in [0.1, 0.15) is 21.6 Å². The van der Waals surface area contributed by atoms with Gasteiger partial charge in [-0.25, -0.2) is 0 Å². The van der Waals surface area contributed by atoms with Gasteiger partial charge >= 0.3 is 0 Å². The van der Waals surface area contributed by atoms with Gasteiger partial charge in [-0.1, -0.05) is 6.07 Å². The number of nitrogens with zero attached hydrogens (tertiary/aromatic N) is 1. The molecule has 2 aromatic heterocycles. The van der Waals surface area contributed by atoms with Gasteiger partial charge in [0.05, 0.1) is 31.6 Å². The number of benzene rings is 1. The maximum absolute atomic E-state index is 12.6. The minimum Gasteiger partial charge on any atom is -0.482 e. The first kappa shape index (κ1) is 15.7. The smallest absolute Gasteiger partial charge is 0.268 e. The van der Waals surface area contributed by atoms with Gasteiger partial charge in [0.15, 0.2) is 5.75 Å². The Morgan fingerprint density at radius 3 is 3.04 bits per heavy atom. The van der Waals surface area contributed by atoms with Crippen molar-refractivity contribution in [2.24, 2.45) is 0 Å². The average Bonchev–Trinajstić information content (AvgIpc) is 3.33. The van der Waals surface area contributed by atoms with E-state index in [2.05, 4.69) is 40.4 Å². The molecule has 130 valence electrons. The second kappa shape index (κ2) is 6.25. The van der Waals surface area contributed by atoms with E-state index in [1.165, 1.54) is 11.1 Å². The molecule has 3 aromatic rings. The van der Waals surface area contributed by atoms with Crippen molar-refractivity contribution in [3.63, 3.8) is 0 Å². The molecule has 0 radical (unpaired) electrons. The van der Waals surface area contributed by atoms with Gasteiger partial charge in [-0.2, -0.15) is 5.10 Å². The maximum Gasteiger partial charge on any atom is 0.268 e. The number of aromatic nitrogens is 3. The van der Waals surface area contributed by atoms with Gasteiger partial charge in [0.1, 0.15) is 11.8 Å². The molecule has 1 aliphatic heterocycles. The van der Waals surface area contributed by atoms with Crippen LogP contribution in [0.3, 0.4) is 0 Å². The number of nitrogens with one attached hydrogen (secondary N) is 3. The van der Waals surface area contributed by atoms with Crippen molar-refractivity contribution in [1.82, 2.24) is 20.5 Å². The minimum atomic E-state index is -0.241. The summed E-state index contributed by atoms with van der Waals surface area (Å²) < 4.78 is 11.3. The topological polar surface area (TPSA) is 92.0 Å². The summed E-state index contributed by atoms with van der Waals surface area (Å²) in [6.45, 7) is 4.98. The lowest BCUT2D eigenvalue weighted by Crippen LogP contribution is -2.45. The van der Waals surface area contributed by atoms with E-state index in [0.717, 1.165) is 10.9 Å². The molecule has 4 rings (SSSR count). The first-order valence-electron chi connectivity index (χ1n) is 8.25. The molecule has 3 N–H and O–H groups in total. The van der Waals surface area contributed by atoms with Gasteiger partial charge in [0, 0.05) is 10.9 Å². The van der Waals surface area contributed by atoms with E-state index < -0.39 is 0 Å². The number of rotatable bonds is 4. The third kappa shape index (κ3) is 2.98. The Hall–Kier alpha value is -2.80. The molecule has 1 saturated heterocycles. The molecule has 2 atom stereocenters. The van der Waals surface area contributed by atoms with Crippen LogP contribution in [0.2, 0.25) is 0 Å². The number of carbonyl (C=O) groups is 1. The second-order valence-corrected chi connectivity index (χ2v) is 6.36. The number of fused-ring (bicyclic) bond motifs is 1. The molecule has 1 amide bonds. The summed E-state index contributed by atoms with van der Waals surface area (Å²) in [5, 5.41) is 10.6. The van der Waals surface area contributed by atoms with Crippen molar-refractivity contribution < 1.29 is 14.3 Å². The van der Waals surface area contributed by atoms with Crippen LogP contribution in [-0.2, 0) is 4.74 Å². The molecule has 0 saturated carbocycles. The van der Waals surface area contributed by atoms with E-state index in [9.17, 15) is 4.79 Å². The second-order valence-electron chi connectivity index (χ2n) is 6.36. The highest BCUT2D eigenvalue weighted by molar-refractivity contribution is 5.99. The van der Waals surface area contributed by atoms with Crippen LogP contribution in [0.15, 0.2) is 30.6 Å². The Morgan fingerprint density at radius 1 is 1.36 bits per heavy atom. The molecule has 1 aliphatic rings. The van der Waals surface area contributed by atoms with Crippen molar-refractivity contribution in [2.75, 3.05) is 13.2 Å². The highest BCUT2D eigenvalue weighted by Gasteiger charge is 2.32. The summed E-state index contributed by atoms with van der Waals surface area (Å²) in [6, 6.07) is 5.74. The van der Waals surface area contributed by atoms with E-state index in [-0.39, 0.29) is 18.1 Å². The van der Waals surface area contributed by atoms with Gasteiger partial charge in [0.2, 0.25) is 0 Å². The van der Waals surface area contributed by atoms with E-state index in [0.29, 0.717) is 24.7 Å². The SMILES string of the molecule is Cc1ccc2[nH]c(C(=O)N[C@H]3COC[C@H]3Oc3cn[nH]c3)cc2c1C. The molecule has 7 heteroatoms. The molecular weight excluding hydrogens is 320 g/mol. The Bertz CT molecular complexity index is 901. The fraction of sp³-hybridized carbons (Fsp3) is 0.333. The fourth-order valence-corrected chi connectivity index (χ4v) is 3.09. The molecule has 1 fully saturated rings. The van der Waals surface area contributed by atoms with Crippen LogP contribution >= 0.6 is 0 Å². The summed E-state index contributed by atoms with van der Waals surface area (Å²) in [5.74, 6) is 0.469. The van der Waals surface area contributed by atoms with Gasteiger partial charge in [-0.3, -0.25) is 9.89 Å². The molecular formula is C18H20N4O3. The van der Waals surface area contributed by atoms with Crippen molar-refractivity contribution in [3.05, 3.63) is 47.4 Å². The van der Waals surface area contributed by atoms with Crippen LogP contribution < -0.4 is 10.1 Å². The molecule has 25 heavy (non-hydrogen) atoms. The first-order valence-corrected chi connectivity index (χ1v) is 8.25. The number of aromatic amines is 2. The van der Waals surface area contributed by atoms with Crippen LogP contribution in [0.5, 0.6) is 5.75 Å². The average molecular weight is 340 g/mol. The minimum absolute atomic E-state index is 0.162. The van der Waals surface area contributed by atoms with E-state index >= 15 is 0 Å². The summed E-state index contributed by atoms with van der Waals surface area (Å²) in [7, 11) is 0. The van der Waals surface area contributed by atoms with E-state index in [1.807, 2.05) is 12.1 Å². The first-order chi connectivity index (χ1) is 12.1. The zero-order valence-electron chi connectivity index (χ0n) is 14.1. The Morgan fingerprint density at radius 2 is 2.24 bits per heavy atom. The number of amides is 1. The largest absolute Gasteiger partial charge is 0.482 e. The summed E-state index contributed by atoms with van der Waals surface area (Å²) in [6.07, 6.45) is 3.02. The number of H-pyrrole nitrogens is 2. The molecule has 0 spiro atoms. The van der Waals surface area contributed by atoms with Crippen LogP contribution in [0, 0.1) is 13.8 Å². The molecule has 0 bridgehead atoms. The van der Waals surface area contributed by atoms with Crippen LogP contribution in [-0.4, -0.2) is 46.4 Å². The van der Waals surface area contributed by atoms with Crippen LogP contribution in [0.4, 0.5) is 0 Å². The highest BCUT2D eigenvalue weighted by Crippen LogP contribution is 2.23. The summed E-state index contributed by atoms with van der Waals surface area (Å²) in [4.78, 5) is 15.8. The molecule has 3 heterocycles. The molecule has 7 nitrogen and oxygen atoms in total. The third-order valence-corrected chi connectivity index (χ3v) is 4.69. The maximum atomic E-state index is 12.6. The van der Waals surface area contributed by atoms with Gasteiger partial charge < -0.3 is 19.8 Å². The predicted molar refractivity (Wildman–Crippen MR) is 92.8 cm³/mol.